The Morgan fingerprint density at radius 2 is 1.68 bits per heavy atom. The number of hydrogen-bond donors (Lipinski definition) is 1. The van der Waals surface area contributed by atoms with Gasteiger partial charge in [0, 0.05) is 13.1 Å². The van der Waals surface area contributed by atoms with E-state index in [1.54, 1.807) is 0 Å². The Morgan fingerprint density at radius 1 is 1.04 bits per heavy atom. The van der Waals surface area contributed by atoms with Crippen LogP contribution in [0.1, 0.15) is 50.2 Å². The lowest BCUT2D eigenvalue weighted by atomic mass is 10.0. The van der Waals surface area contributed by atoms with Crippen LogP contribution in [0.25, 0.3) is 11.1 Å². The van der Waals surface area contributed by atoms with Gasteiger partial charge in [0.1, 0.15) is 6.23 Å². The first-order valence-corrected chi connectivity index (χ1v) is 10.4. The summed E-state index contributed by atoms with van der Waals surface area (Å²) in [6.45, 7) is 4.25. The molecule has 1 N–H and O–H groups in total. The van der Waals surface area contributed by atoms with Crippen molar-refractivity contribution in [1.29, 1.82) is 0 Å². The number of carbonyl (C=O) groups is 1. The number of hydrogen-bond acceptors (Lipinski definition) is 3. The fourth-order valence-corrected chi connectivity index (χ4v) is 3.78. The molecule has 2 aromatic rings. The molecule has 3 rings (SSSR count). The van der Waals surface area contributed by atoms with Crippen molar-refractivity contribution >= 4 is 5.97 Å². The fourth-order valence-electron chi connectivity index (χ4n) is 3.78. The van der Waals surface area contributed by atoms with Gasteiger partial charge in [-0.3, -0.25) is 9.69 Å². The van der Waals surface area contributed by atoms with Gasteiger partial charge in [-0.05, 0) is 47.9 Å². The molecule has 0 saturated carbocycles. The molecule has 1 aliphatic rings. The van der Waals surface area contributed by atoms with E-state index in [2.05, 4.69) is 60.4 Å². The van der Waals surface area contributed by atoms with E-state index in [1.165, 1.54) is 23.1 Å². The highest BCUT2D eigenvalue weighted by molar-refractivity contribution is 5.66. The van der Waals surface area contributed by atoms with Crippen molar-refractivity contribution in [1.82, 2.24) is 4.90 Å². The van der Waals surface area contributed by atoms with Crippen LogP contribution in [0.3, 0.4) is 0 Å². The molecular weight excluding hydrogens is 350 g/mol. The second-order valence-electron chi connectivity index (χ2n) is 7.58. The summed E-state index contributed by atoms with van der Waals surface area (Å²) < 4.78 is 6.14. The molecule has 1 unspecified atom stereocenters. The van der Waals surface area contributed by atoms with Gasteiger partial charge in [-0.1, -0.05) is 61.9 Å². The SMILES string of the molecule is CCCc1ccc(-c2ccc(COC3CCCCN3CCC(=O)O)cc2)cc1. The van der Waals surface area contributed by atoms with Crippen molar-refractivity contribution in [2.45, 2.75) is 58.3 Å². The Bertz CT molecular complexity index is 739. The number of aliphatic carboxylic acids is 1. The number of carboxylic acid groups (broad SMARTS) is 1. The van der Waals surface area contributed by atoms with Crippen molar-refractivity contribution < 1.29 is 14.6 Å². The summed E-state index contributed by atoms with van der Waals surface area (Å²) in [5.74, 6) is -0.748. The topological polar surface area (TPSA) is 49.8 Å². The van der Waals surface area contributed by atoms with E-state index < -0.39 is 5.97 Å². The average molecular weight is 382 g/mol. The summed E-state index contributed by atoms with van der Waals surface area (Å²) in [4.78, 5) is 13.0. The van der Waals surface area contributed by atoms with Crippen molar-refractivity contribution in [3.8, 4) is 11.1 Å². The van der Waals surface area contributed by atoms with Gasteiger partial charge in [0.05, 0.1) is 13.0 Å². The lowest BCUT2D eigenvalue weighted by molar-refractivity contribution is -0.139. The molecule has 0 aliphatic carbocycles. The van der Waals surface area contributed by atoms with Crippen LogP contribution < -0.4 is 0 Å². The van der Waals surface area contributed by atoms with Crippen molar-refractivity contribution in [3.05, 3.63) is 59.7 Å². The van der Waals surface area contributed by atoms with Crippen LogP contribution in [0.4, 0.5) is 0 Å². The molecule has 0 bridgehead atoms. The molecule has 1 saturated heterocycles. The summed E-state index contributed by atoms with van der Waals surface area (Å²) >= 11 is 0. The molecule has 1 fully saturated rings. The average Bonchev–Trinajstić information content (AvgIpc) is 2.72. The molecule has 0 aromatic heterocycles. The van der Waals surface area contributed by atoms with E-state index in [9.17, 15) is 4.79 Å². The summed E-state index contributed by atoms with van der Waals surface area (Å²) in [7, 11) is 0. The summed E-state index contributed by atoms with van der Waals surface area (Å²) in [6.07, 6.45) is 5.72. The third kappa shape index (κ3) is 5.91. The number of benzene rings is 2. The molecule has 1 atom stereocenters. The number of aryl methyl sites for hydroxylation is 1. The molecule has 1 aliphatic heterocycles. The smallest absolute Gasteiger partial charge is 0.304 e. The van der Waals surface area contributed by atoms with Gasteiger partial charge in [-0.2, -0.15) is 0 Å². The normalized spacial score (nSPS) is 17.5. The molecule has 1 heterocycles. The maximum atomic E-state index is 10.9. The zero-order valence-electron chi connectivity index (χ0n) is 16.8. The third-order valence-corrected chi connectivity index (χ3v) is 5.39. The van der Waals surface area contributed by atoms with Gasteiger partial charge in [0.15, 0.2) is 0 Å². The van der Waals surface area contributed by atoms with E-state index in [0.29, 0.717) is 13.2 Å². The Labute approximate surface area is 168 Å². The second-order valence-corrected chi connectivity index (χ2v) is 7.58. The van der Waals surface area contributed by atoms with Crippen molar-refractivity contribution in [2.75, 3.05) is 13.1 Å². The fraction of sp³-hybridized carbons (Fsp3) is 0.458. The number of piperidine rings is 1. The molecule has 28 heavy (non-hydrogen) atoms. The Hall–Kier alpha value is -2.17. The predicted molar refractivity (Wildman–Crippen MR) is 112 cm³/mol. The second kappa shape index (κ2) is 10.4. The third-order valence-electron chi connectivity index (χ3n) is 5.39. The first-order valence-electron chi connectivity index (χ1n) is 10.4. The molecule has 0 spiro atoms. The monoisotopic (exact) mass is 381 g/mol. The Kier molecular flexibility index (Phi) is 7.63. The molecule has 0 radical (unpaired) electrons. The summed E-state index contributed by atoms with van der Waals surface area (Å²) in [6, 6.07) is 17.4. The highest BCUT2D eigenvalue weighted by Gasteiger charge is 2.23. The minimum Gasteiger partial charge on any atom is -0.481 e. The van der Waals surface area contributed by atoms with E-state index in [1.807, 2.05) is 0 Å². The van der Waals surface area contributed by atoms with E-state index in [4.69, 9.17) is 9.84 Å². The van der Waals surface area contributed by atoms with Crippen LogP contribution >= 0.6 is 0 Å². The van der Waals surface area contributed by atoms with Crippen LogP contribution in [0, 0.1) is 0 Å². The zero-order chi connectivity index (χ0) is 19.8. The number of rotatable bonds is 9. The van der Waals surface area contributed by atoms with Gasteiger partial charge in [0.2, 0.25) is 0 Å². The van der Waals surface area contributed by atoms with Crippen LogP contribution in [0.15, 0.2) is 48.5 Å². The molecule has 2 aromatic carbocycles. The van der Waals surface area contributed by atoms with E-state index in [0.717, 1.165) is 37.8 Å². The first-order chi connectivity index (χ1) is 13.7. The van der Waals surface area contributed by atoms with Gasteiger partial charge < -0.3 is 9.84 Å². The number of ether oxygens (including phenoxy) is 1. The Morgan fingerprint density at radius 3 is 2.29 bits per heavy atom. The van der Waals surface area contributed by atoms with Gasteiger partial charge >= 0.3 is 5.97 Å². The van der Waals surface area contributed by atoms with Gasteiger partial charge in [0.25, 0.3) is 0 Å². The van der Waals surface area contributed by atoms with Crippen molar-refractivity contribution in [3.63, 3.8) is 0 Å². The summed E-state index contributed by atoms with van der Waals surface area (Å²) in [5, 5.41) is 8.93. The minimum atomic E-state index is -0.748. The molecule has 4 nitrogen and oxygen atoms in total. The van der Waals surface area contributed by atoms with E-state index in [-0.39, 0.29) is 12.6 Å². The lowest BCUT2D eigenvalue weighted by Gasteiger charge is -2.35. The van der Waals surface area contributed by atoms with Crippen molar-refractivity contribution in [2.24, 2.45) is 0 Å². The molecule has 150 valence electrons. The molecule has 4 heteroatoms. The van der Waals surface area contributed by atoms with Crippen LogP contribution in [0.2, 0.25) is 0 Å². The minimum absolute atomic E-state index is 0.0267. The first kappa shape index (κ1) is 20.6. The number of carboxylic acids is 1. The number of nitrogens with zero attached hydrogens (tertiary/aromatic N) is 1. The van der Waals surface area contributed by atoms with Crippen LogP contribution in [-0.2, 0) is 22.6 Å². The highest BCUT2D eigenvalue weighted by atomic mass is 16.5. The van der Waals surface area contributed by atoms with Gasteiger partial charge in [-0.15, -0.1) is 0 Å². The predicted octanol–water partition coefficient (Wildman–Crippen LogP) is 5.11. The maximum Gasteiger partial charge on any atom is 0.304 e. The molecular formula is C24H31NO3. The number of likely N-dealkylation sites (tertiary alicyclic amines) is 1. The largest absolute Gasteiger partial charge is 0.481 e. The summed E-state index contributed by atoms with van der Waals surface area (Å²) in [5.41, 5.74) is 4.98. The lowest BCUT2D eigenvalue weighted by Crippen LogP contribution is -2.42. The molecule has 0 amide bonds. The standard InChI is InChI=1S/C24H31NO3/c1-2-5-19-7-11-21(12-8-19)22-13-9-20(10-14-22)18-28-23-6-3-4-16-25(23)17-15-24(26)27/h7-14,23H,2-6,15-18H2,1H3,(H,26,27). The quantitative estimate of drug-likeness (QED) is 0.656. The Balaban J connectivity index is 1.55. The van der Waals surface area contributed by atoms with E-state index >= 15 is 0 Å². The maximum absolute atomic E-state index is 10.9. The van der Waals surface area contributed by atoms with Crippen LogP contribution in [-0.4, -0.2) is 35.3 Å². The van der Waals surface area contributed by atoms with Gasteiger partial charge in [-0.25, -0.2) is 0 Å². The highest BCUT2D eigenvalue weighted by Crippen LogP contribution is 2.23. The van der Waals surface area contributed by atoms with Crippen LogP contribution in [0.5, 0.6) is 0 Å². The zero-order valence-corrected chi connectivity index (χ0v) is 16.8.